The zero-order valence-electron chi connectivity index (χ0n) is 9.85. The van der Waals surface area contributed by atoms with E-state index in [0.717, 1.165) is 0 Å². The van der Waals surface area contributed by atoms with Gasteiger partial charge < -0.3 is 21.1 Å². The average molecular weight is 235 g/mol. The molecule has 1 saturated heterocycles. The fourth-order valence-corrected chi connectivity index (χ4v) is 1.95. The number of morpholine rings is 1. The lowest BCUT2D eigenvalue weighted by Gasteiger charge is -2.31. The number of hydrogen-bond acceptors (Lipinski definition) is 4. The van der Waals surface area contributed by atoms with E-state index >= 15 is 0 Å². The molecule has 1 atom stereocenters. The molecule has 0 saturated carbocycles. The van der Waals surface area contributed by atoms with Gasteiger partial charge in [-0.15, -0.1) is 0 Å². The lowest BCUT2D eigenvalue weighted by molar-refractivity contribution is -0.0123. The monoisotopic (exact) mass is 235 g/mol. The molecule has 1 unspecified atom stereocenters. The average Bonchev–Trinajstić information content (AvgIpc) is 2.28. The van der Waals surface area contributed by atoms with Gasteiger partial charge >= 0.3 is 0 Å². The molecule has 1 aliphatic rings. The van der Waals surface area contributed by atoms with E-state index in [4.69, 9.17) is 16.2 Å². The van der Waals surface area contributed by atoms with Crippen LogP contribution >= 0.6 is 0 Å². The molecule has 17 heavy (non-hydrogen) atoms. The van der Waals surface area contributed by atoms with Gasteiger partial charge in [-0.1, -0.05) is 0 Å². The summed E-state index contributed by atoms with van der Waals surface area (Å²) in [5, 5.41) is 0. The van der Waals surface area contributed by atoms with E-state index in [2.05, 4.69) is 0 Å². The second-order valence-electron chi connectivity index (χ2n) is 4.28. The number of carbonyl (C=O) groups is 1. The zero-order valence-corrected chi connectivity index (χ0v) is 9.85. The third-order valence-corrected chi connectivity index (χ3v) is 2.83. The molecule has 0 radical (unpaired) electrons. The second-order valence-corrected chi connectivity index (χ2v) is 4.28. The summed E-state index contributed by atoms with van der Waals surface area (Å²) in [6, 6.07) is 4.97. The van der Waals surface area contributed by atoms with Gasteiger partial charge in [0.15, 0.2) is 0 Å². The van der Waals surface area contributed by atoms with Gasteiger partial charge in [0.2, 0.25) is 0 Å². The minimum absolute atomic E-state index is 0.0577. The smallest absolute Gasteiger partial charge is 0.256 e. The Labute approximate surface area is 100 Å². The summed E-state index contributed by atoms with van der Waals surface area (Å²) in [6.07, 6.45) is 0.0720. The van der Waals surface area contributed by atoms with Crippen LogP contribution in [0.5, 0.6) is 0 Å². The van der Waals surface area contributed by atoms with Crippen molar-refractivity contribution in [2.75, 3.05) is 31.2 Å². The molecular formula is C12H17N3O2. The van der Waals surface area contributed by atoms with Crippen molar-refractivity contribution < 1.29 is 9.53 Å². The topological polar surface area (TPSA) is 81.6 Å². The highest BCUT2D eigenvalue weighted by atomic mass is 16.5. The van der Waals surface area contributed by atoms with E-state index in [1.807, 2.05) is 6.92 Å². The molecule has 1 fully saturated rings. The van der Waals surface area contributed by atoms with Gasteiger partial charge in [0.1, 0.15) is 0 Å². The number of nitrogens with two attached hydrogens (primary N) is 2. The number of nitrogens with zero attached hydrogens (tertiary/aromatic N) is 1. The zero-order chi connectivity index (χ0) is 12.4. The van der Waals surface area contributed by atoms with Crippen LogP contribution in [-0.4, -0.2) is 36.6 Å². The summed E-state index contributed by atoms with van der Waals surface area (Å²) in [5.74, 6) is -0.0577. The van der Waals surface area contributed by atoms with Crippen LogP contribution in [0.2, 0.25) is 0 Å². The van der Waals surface area contributed by atoms with Crippen LogP contribution in [0.1, 0.15) is 17.3 Å². The van der Waals surface area contributed by atoms with Crippen LogP contribution < -0.4 is 11.5 Å². The maximum Gasteiger partial charge on any atom is 0.256 e. The van der Waals surface area contributed by atoms with Crippen molar-refractivity contribution in [1.82, 2.24) is 4.90 Å². The van der Waals surface area contributed by atoms with E-state index in [1.54, 1.807) is 23.1 Å². The highest BCUT2D eigenvalue weighted by molar-refractivity contribution is 5.99. The first-order chi connectivity index (χ1) is 8.08. The molecule has 0 bridgehead atoms. The summed E-state index contributed by atoms with van der Waals surface area (Å²) < 4.78 is 5.40. The maximum atomic E-state index is 12.2. The molecule has 1 aromatic carbocycles. The molecule has 2 rings (SSSR count). The van der Waals surface area contributed by atoms with E-state index in [-0.39, 0.29) is 12.0 Å². The van der Waals surface area contributed by atoms with E-state index in [9.17, 15) is 4.79 Å². The summed E-state index contributed by atoms with van der Waals surface area (Å²) in [5.41, 5.74) is 12.9. The number of nitrogen functional groups attached to an aromatic ring is 2. The lowest BCUT2D eigenvalue weighted by Crippen LogP contribution is -2.44. The SMILES string of the molecule is CC1CN(C(=O)c2ccc(N)cc2N)CCO1. The van der Waals surface area contributed by atoms with Gasteiger partial charge in [-0.3, -0.25) is 4.79 Å². The maximum absolute atomic E-state index is 12.2. The molecule has 0 aliphatic carbocycles. The molecule has 0 spiro atoms. The predicted octanol–water partition coefficient (Wildman–Crippen LogP) is 0.712. The van der Waals surface area contributed by atoms with E-state index in [1.165, 1.54) is 0 Å². The van der Waals surface area contributed by atoms with Gasteiger partial charge in [0.05, 0.1) is 18.3 Å². The number of anilines is 2. The quantitative estimate of drug-likeness (QED) is 0.702. The highest BCUT2D eigenvalue weighted by Crippen LogP contribution is 2.19. The minimum atomic E-state index is -0.0577. The fraction of sp³-hybridized carbons (Fsp3) is 0.417. The van der Waals surface area contributed by atoms with E-state index in [0.29, 0.717) is 36.6 Å². The van der Waals surface area contributed by atoms with Crippen molar-refractivity contribution in [2.45, 2.75) is 13.0 Å². The Morgan fingerprint density at radius 2 is 2.24 bits per heavy atom. The predicted molar refractivity (Wildman–Crippen MR) is 66.6 cm³/mol. The van der Waals surface area contributed by atoms with Crippen LogP contribution in [0.15, 0.2) is 18.2 Å². The third kappa shape index (κ3) is 2.50. The highest BCUT2D eigenvalue weighted by Gasteiger charge is 2.23. The molecule has 0 aromatic heterocycles. The molecular weight excluding hydrogens is 218 g/mol. The van der Waals surface area contributed by atoms with Crippen molar-refractivity contribution in [2.24, 2.45) is 0 Å². The van der Waals surface area contributed by atoms with Gasteiger partial charge in [0, 0.05) is 24.5 Å². The first-order valence-corrected chi connectivity index (χ1v) is 5.64. The normalized spacial score (nSPS) is 20.3. The fourth-order valence-electron chi connectivity index (χ4n) is 1.95. The molecule has 5 heteroatoms. The summed E-state index contributed by atoms with van der Waals surface area (Å²) in [6.45, 7) is 3.73. The molecule has 92 valence electrons. The van der Waals surface area contributed by atoms with E-state index < -0.39 is 0 Å². The number of benzene rings is 1. The number of hydrogen-bond donors (Lipinski definition) is 2. The molecule has 1 heterocycles. The largest absolute Gasteiger partial charge is 0.399 e. The Morgan fingerprint density at radius 3 is 2.88 bits per heavy atom. The van der Waals surface area contributed by atoms with Gasteiger partial charge in [0.25, 0.3) is 5.91 Å². The number of rotatable bonds is 1. The third-order valence-electron chi connectivity index (χ3n) is 2.83. The Hall–Kier alpha value is -1.75. The number of carbonyl (C=O) groups excluding carboxylic acids is 1. The summed E-state index contributed by atoms with van der Waals surface area (Å²) >= 11 is 0. The minimum Gasteiger partial charge on any atom is -0.399 e. The molecule has 1 aliphatic heterocycles. The second kappa shape index (κ2) is 4.63. The standard InChI is InChI=1S/C12H17N3O2/c1-8-7-15(4-5-17-8)12(16)10-3-2-9(13)6-11(10)14/h2-3,6,8H,4-5,7,13-14H2,1H3. The first-order valence-electron chi connectivity index (χ1n) is 5.64. The molecule has 1 aromatic rings. The van der Waals surface area contributed by atoms with Crippen LogP contribution in [-0.2, 0) is 4.74 Å². The Balaban J connectivity index is 2.18. The van der Waals surface area contributed by atoms with Crippen LogP contribution in [0, 0.1) is 0 Å². The van der Waals surface area contributed by atoms with Gasteiger partial charge in [-0.25, -0.2) is 0 Å². The lowest BCUT2D eigenvalue weighted by atomic mass is 10.1. The number of amides is 1. The molecule has 1 amide bonds. The first kappa shape index (κ1) is 11.7. The van der Waals surface area contributed by atoms with Gasteiger partial charge in [-0.05, 0) is 25.1 Å². The van der Waals surface area contributed by atoms with Crippen molar-refractivity contribution in [1.29, 1.82) is 0 Å². The molecule has 5 nitrogen and oxygen atoms in total. The van der Waals surface area contributed by atoms with Crippen molar-refractivity contribution in [3.05, 3.63) is 23.8 Å². The van der Waals surface area contributed by atoms with Crippen molar-refractivity contribution in [3.8, 4) is 0 Å². The van der Waals surface area contributed by atoms with Crippen LogP contribution in [0.4, 0.5) is 11.4 Å². The Kier molecular flexibility index (Phi) is 3.19. The summed E-state index contributed by atoms with van der Waals surface area (Å²) in [4.78, 5) is 14.0. The summed E-state index contributed by atoms with van der Waals surface area (Å²) in [7, 11) is 0. The van der Waals surface area contributed by atoms with Crippen molar-refractivity contribution in [3.63, 3.8) is 0 Å². The number of ether oxygens (including phenoxy) is 1. The Bertz CT molecular complexity index is 434. The van der Waals surface area contributed by atoms with Crippen LogP contribution in [0.3, 0.4) is 0 Å². The van der Waals surface area contributed by atoms with Gasteiger partial charge in [-0.2, -0.15) is 0 Å². The molecule has 4 N–H and O–H groups in total. The Morgan fingerprint density at radius 1 is 1.47 bits per heavy atom. The van der Waals surface area contributed by atoms with Crippen LogP contribution in [0.25, 0.3) is 0 Å². The van der Waals surface area contributed by atoms with Crippen molar-refractivity contribution >= 4 is 17.3 Å².